The molecule has 0 N–H and O–H groups in total. The number of hydrogen-bond acceptors (Lipinski definition) is 5. The largest absolute Gasteiger partial charge is 0.352 e. The smallest absolute Gasteiger partial charge is 0.334 e. The third kappa shape index (κ3) is 2.98. The van der Waals surface area contributed by atoms with Gasteiger partial charge in [-0.25, -0.2) is 4.68 Å². The average Bonchev–Trinajstić information content (AvgIpc) is 2.99. The van der Waals surface area contributed by atoms with Crippen LogP contribution in [-0.4, -0.2) is 52.2 Å². The van der Waals surface area contributed by atoms with Gasteiger partial charge in [0.15, 0.2) is 0 Å². The third-order valence-corrected chi connectivity index (χ3v) is 3.82. The van der Waals surface area contributed by atoms with Crippen molar-refractivity contribution in [3.8, 4) is 0 Å². The molecule has 21 heavy (non-hydrogen) atoms. The second-order valence-corrected chi connectivity index (χ2v) is 5.26. The molecule has 0 saturated carbocycles. The molecule has 0 unspecified atom stereocenters. The molecule has 2 rings (SSSR count). The number of aromatic nitrogens is 2. The van der Waals surface area contributed by atoms with E-state index in [2.05, 4.69) is 5.10 Å². The number of nitro groups is 1. The van der Waals surface area contributed by atoms with Crippen LogP contribution >= 0.6 is 0 Å². The summed E-state index contributed by atoms with van der Waals surface area (Å²) in [7, 11) is 3.50. The van der Waals surface area contributed by atoms with E-state index in [-0.39, 0.29) is 16.5 Å². The fraction of sp³-hybridized carbons (Fsp3) is 0.692. The van der Waals surface area contributed by atoms with E-state index in [0.717, 1.165) is 13.0 Å². The number of amides is 1. The molecule has 0 radical (unpaired) electrons. The number of carbonyl (C=O) groups excluding carboxylic acids is 1. The lowest BCUT2D eigenvalue weighted by atomic mass is 10.3. The number of hydrogen-bond donors (Lipinski definition) is 0. The summed E-state index contributed by atoms with van der Waals surface area (Å²) < 4.78 is 1.54. The highest BCUT2D eigenvalue weighted by atomic mass is 16.6. The van der Waals surface area contributed by atoms with Crippen LogP contribution in [0.4, 0.5) is 11.5 Å². The van der Waals surface area contributed by atoms with E-state index in [9.17, 15) is 14.9 Å². The highest BCUT2D eigenvalue weighted by Gasteiger charge is 2.28. The molecule has 1 aliphatic rings. The number of nitrogens with zero attached hydrogens (tertiary/aromatic N) is 5. The summed E-state index contributed by atoms with van der Waals surface area (Å²) in [6.45, 7) is 3.76. The number of anilines is 1. The van der Waals surface area contributed by atoms with E-state index in [0.29, 0.717) is 37.4 Å². The van der Waals surface area contributed by atoms with Crippen LogP contribution in [0.2, 0.25) is 0 Å². The van der Waals surface area contributed by atoms with Gasteiger partial charge in [0, 0.05) is 40.2 Å². The van der Waals surface area contributed by atoms with E-state index in [4.69, 9.17) is 0 Å². The molecule has 0 aromatic carbocycles. The molecule has 116 valence electrons. The number of aryl methyl sites for hydroxylation is 2. The van der Waals surface area contributed by atoms with E-state index < -0.39 is 0 Å². The minimum atomic E-state index is -0.376. The Bertz CT molecular complexity index is 554. The summed E-state index contributed by atoms with van der Waals surface area (Å²) in [5.41, 5.74) is 0.553. The maximum Gasteiger partial charge on any atom is 0.334 e. The number of rotatable bonds is 6. The van der Waals surface area contributed by atoms with Crippen LogP contribution in [0.25, 0.3) is 0 Å². The minimum absolute atomic E-state index is 0.0650. The van der Waals surface area contributed by atoms with Crippen LogP contribution in [0.3, 0.4) is 0 Å². The Hall–Kier alpha value is -2.12. The summed E-state index contributed by atoms with van der Waals surface area (Å²) in [4.78, 5) is 26.1. The van der Waals surface area contributed by atoms with Gasteiger partial charge in [0.25, 0.3) is 0 Å². The number of likely N-dealkylation sites (tertiary alicyclic amines) is 1. The van der Waals surface area contributed by atoms with Crippen molar-refractivity contribution >= 4 is 17.4 Å². The molecular formula is C13H21N5O3. The van der Waals surface area contributed by atoms with Crippen LogP contribution in [0, 0.1) is 10.1 Å². The van der Waals surface area contributed by atoms with Crippen molar-refractivity contribution in [2.75, 3.05) is 31.6 Å². The molecule has 0 spiro atoms. The Morgan fingerprint density at radius 1 is 1.48 bits per heavy atom. The molecule has 1 saturated heterocycles. The lowest BCUT2D eigenvalue weighted by molar-refractivity contribution is -0.384. The highest BCUT2D eigenvalue weighted by molar-refractivity contribution is 5.78. The minimum Gasteiger partial charge on any atom is -0.352 e. The Labute approximate surface area is 123 Å². The Morgan fingerprint density at radius 2 is 2.19 bits per heavy atom. The van der Waals surface area contributed by atoms with Gasteiger partial charge in [-0.1, -0.05) is 6.92 Å². The number of carbonyl (C=O) groups is 1. The quantitative estimate of drug-likeness (QED) is 0.576. The second-order valence-electron chi connectivity index (χ2n) is 5.26. The van der Waals surface area contributed by atoms with Crippen molar-refractivity contribution in [3.63, 3.8) is 0 Å². The van der Waals surface area contributed by atoms with Gasteiger partial charge in [0.1, 0.15) is 5.69 Å². The van der Waals surface area contributed by atoms with E-state index in [1.54, 1.807) is 28.6 Å². The van der Waals surface area contributed by atoms with Gasteiger partial charge in [0.05, 0.1) is 4.92 Å². The van der Waals surface area contributed by atoms with E-state index in [1.807, 2.05) is 6.92 Å². The maximum atomic E-state index is 11.6. The lowest BCUT2D eigenvalue weighted by Gasteiger charge is -2.22. The Balaban J connectivity index is 2.14. The zero-order valence-corrected chi connectivity index (χ0v) is 12.7. The molecule has 1 aromatic heterocycles. The molecule has 1 amide bonds. The van der Waals surface area contributed by atoms with Crippen molar-refractivity contribution in [3.05, 3.63) is 15.8 Å². The standard InChI is InChI=1S/C13H21N5O3/c1-4-10-12(18(20)21)13(16(3)14-10)15(2)8-9-17-7-5-6-11(17)19/h4-9H2,1-3H3. The Kier molecular flexibility index (Phi) is 4.44. The average molecular weight is 295 g/mol. The topological polar surface area (TPSA) is 84.5 Å². The molecule has 2 heterocycles. The molecule has 1 fully saturated rings. The predicted octanol–water partition coefficient (Wildman–Crippen LogP) is 0.949. The van der Waals surface area contributed by atoms with Crippen LogP contribution in [0.15, 0.2) is 0 Å². The van der Waals surface area contributed by atoms with Crippen LogP contribution in [-0.2, 0) is 18.3 Å². The second kappa shape index (κ2) is 6.11. The van der Waals surface area contributed by atoms with E-state index >= 15 is 0 Å². The van der Waals surface area contributed by atoms with Crippen molar-refractivity contribution in [2.24, 2.45) is 7.05 Å². The van der Waals surface area contributed by atoms with Crippen molar-refractivity contribution in [1.82, 2.24) is 14.7 Å². The van der Waals surface area contributed by atoms with Gasteiger partial charge in [-0.2, -0.15) is 5.10 Å². The fourth-order valence-corrected chi connectivity index (χ4v) is 2.73. The van der Waals surface area contributed by atoms with E-state index in [1.165, 1.54) is 0 Å². The molecule has 8 heteroatoms. The first-order chi connectivity index (χ1) is 9.95. The first-order valence-corrected chi connectivity index (χ1v) is 7.14. The third-order valence-electron chi connectivity index (χ3n) is 3.82. The zero-order chi connectivity index (χ0) is 15.6. The Morgan fingerprint density at radius 3 is 2.71 bits per heavy atom. The van der Waals surface area contributed by atoms with Gasteiger partial charge in [-0.15, -0.1) is 0 Å². The monoisotopic (exact) mass is 295 g/mol. The molecule has 0 aliphatic carbocycles. The summed E-state index contributed by atoms with van der Waals surface area (Å²) in [6.07, 6.45) is 2.02. The predicted molar refractivity (Wildman–Crippen MR) is 78.3 cm³/mol. The summed E-state index contributed by atoms with van der Waals surface area (Å²) in [5, 5.41) is 15.5. The van der Waals surface area contributed by atoms with Crippen molar-refractivity contribution in [1.29, 1.82) is 0 Å². The molecular weight excluding hydrogens is 274 g/mol. The maximum absolute atomic E-state index is 11.6. The fourth-order valence-electron chi connectivity index (χ4n) is 2.73. The SMILES string of the molecule is CCc1nn(C)c(N(C)CCN2CCCC2=O)c1[N+](=O)[O-]. The molecule has 0 bridgehead atoms. The zero-order valence-electron chi connectivity index (χ0n) is 12.7. The van der Waals surface area contributed by atoms with Gasteiger partial charge >= 0.3 is 5.69 Å². The van der Waals surface area contributed by atoms with Crippen LogP contribution in [0.5, 0.6) is 0 Å². The van der Waals surface area contributed by atoms with Crippen molar-refractivity contribution in [2.45, 2.75) is 26.2 Å². The molecule has 1 aromatic rings. The molecule has 8 nitrogen and oxygen atoms in total. The first kappa shape index (κ1) is 15.3. The molecule has 0 atom stereocenters. The highest BCUT2D eigenvalue weighted by Crippen LogP contribution is 2.30. The van der Waals surface area contributed by atoms with Crippen LogP contribution in [0.1, 0.15) is 25.5 Å². The number of likely N-dealkylation sites (N-methyl/N-ethyl adjacent to an activating group) is 1. The lowest BCUT2D eigenvalue weighted by Crippen LogP contribution is -2.34. The van der Waals surface area contributed by atoms with Gasteiger partial charge in [-0.05, 0) is 12.8 Å². The first-order valence-electron chi connectivity index (χ1n) is 7.14. The summed E-state index contributed by atoms with van der Waals surface area (Å²) in [5.74, 6) is 0.653. The van der Waals surface area contributed by atoms with Gasteiger partial charge in [-0.3, -0.25) is 14.9 Å². The van der Waals surface area contributed by atoms with Gasteiger partial charge < -0.3 is 9.80 Å². The normalized spacial score (nSPS) is 14.8. The van der Waals surface area contributed by atoms with Gasteiger partial charge in [0.2, 0.25) is 11.7 Å². The summed E-state index contributed by atoms with van der Waals surface area (Å²) in [6, 6.07) is 0. The van der Waals surface area contributed by atoms with Crippen LogP contribution < -0.4 is 4.90 Å². The molecule has 1 aliphatic heterocycles. The van der Waals surface area contributed by atoms with Crippen molar-refractivity contribution < 1.29 is 9.72 Å². The summed E-state index contributed by atoms with van der Waals surface area (Å²) >= 11 is 0.